The standard InChI is InChI=1S/C21H12ClN3O.C12H8BO3.C9H5Cl2N3/c22-21-24-19(13-7-2-1-3-8-13)23-20(25-21)15-10-6-12-17-18(15)14-9-4-5-11-16(14)26-17;14-13(15)9-5-3-7-11-12(9)8-4-1-2-6-10(8)16-11;10-8-12-7(13-9(11)14-8)6-4-2-1-3-5-6/h1-12H;1-2,4-7,14-15H;1-5H/q;+1;. The maximum absolute atomic E-state index is 9.29. The van der Waals surface area contributed by atoms with Gasteiger partial charge in [-0.05, 0) is 59.1 Å². The van der Waals surface area contributed by atoms with Crippen molar-refractivity contribution in [3.63, 3.8) is 0 Å². The number of fused-ring (bicyclic) bond motifs is 6. The fraction of sp³-hybridized carbons (Fsp3) is 0. The molecule has 0 aliphatic heterocycles. The van der Waals surface area contributed by atoms with Crippen molar-refractivity contribution in [2.45, 2.75) is 0 Å². The second-order valence-corrected chi connectivity index (χ2v) is 13.1. The van der Waals surface area contributed by atoms with Crippen molar-refractivity contribution in [3.05, 3.63) is 166 Å². The second kappa shape index (κ2) is 16.2. The number of benzene rings is 5. The zero-order valence-corrected chi connectivity index (χ0v) is 31.2. The highest BCUT2D eigenvalue weighted by Crippen LogP contribution is 2.36. The average Bonchev–Trinajstić information content (AvgIpc) is 3.80. The Balaban J connectivity index is 0.000000126. The topological polar surface area (TPSA) is 144 Å². The Morgan fingerprint density at radius 1 is 0.500 bits per heavy atom. The highest BCUT2D eigenvalue weighted by Gasteiger charge is 2.26. The predicted octanol–water partition coefficient (Wildman–Crippen LogP) is 8.35. The van der Waals surface area contributed by atoms with Crippen LogP contribution in [0.3, 0.4) is 0 Å². The maximum atomic E-state index is 9.29. The van der Waals surface area contributed by atoms with Gasteiger partial charge in [0.1, 0.15) is 22.5 Å². The number of aromatic nitrogens is 6. The molecule has 1 aliphatic carbocycles. The van der Waals surface area contributed by atoms with E-state index in [9.17, 15) is 10.0 Å². The van der Waals surface area contributed by atoms with Crippen LogP contribution in [0.1, 0.15) is 0 Å². The zero-order chi connectivity index (χ0) is 38.6. The number of furan rings is 2. The van der Waals surface area contributed by atoms with Gasteiger partial charge in [0.2, 0.25) is 21.3 Å². The molecule has 0 bridgehead atoms. The van der Waals surface area contributed by atoms with Crippen LogP contribution in [-0.2, 0) is 0 Å². The number of nitrogens with zero attached hydrogens (tertiary/aromatic N) is 6. The number of halogens is 3. The van der Waals surface area contributed by atoms with Crippen LogP contribution in [0.2, 0.25) is 15.9 Å². The minimum atomic E-state index is -1.51. The lowest BCUT2D eigenvalue weighted by Crippen LogP contribution is -2.31. The first-order valence-corrected chi connectivity index (χ1v) is 18.1. The molecule has 4 heterocycles. The molecule has 14 heteroatoms. The molecule has 0 fully saturated rings. The summed E-state index contributed by atoms with van der Waals surface area (Å²) in [6, 6.07) is 40.5. The van der Waals surface area contributed by atoms with Crippen molar-refractivity contribution in [2.75, 3.05) is 0 Å². The van der Waals surface area contributed by atoms with Gasteiger partial charge in [0, 0.05) is 33.5 Å². The largest absolute Gasteiger partial charge is 0.570 e. The van der Waals surface area contributed by atoms with E-state index in [0.29, 0.717) is 28.4 Å². The van der Waals surface area contributed by atoms with Gasteiger partial charge >= 0.3 is 7.12 Å². The van der Waals surface area contributed by atoms with Crippen LogP contribution in [0.5, 0.6) is 0 Å². The number of para-hydroxylation sites is 2. The van der Waals surface area contributed by atoms with Crippen LogP contribution < -0.4 is 10.6 Å². The van der Waals surface area contributed by atoms with Crippen molar-refractivity contribution in [3.8, 4) is 34.2 Å². The van der Waals surface area contributed by atoms with Gasteiger partial charge in [-0.1, -0.05) is 103 Å². The Morgan fingerprint density at radius 2 is 1.02 bits per heavy atom. The molecule has 2 N–H and O–H groups in total. The minimum Gasteiger partial charge on any atom is -0.456 e. The summed E-state index contributed by atoms with van der Waals surface area (Å²) in [7, 11) is -1.51. The summed E-state index contributed by atoms with van der Waals surface area (Å²) < 4.78 is 11.5. The van der Waals surface area contributed by atoms with Gasteiger partial charge in [0.25, 0.3) is 0 Å². The summed E-state index contributed by atoms with van der Waals surface area (Å²) in [5.41, 5.74) is 6.02. The zero-order valence-electron chi connectivity index (χ0n) is 28.9. The molecule has 270 valence electrons. The molecule has 0 saturated carbocycles. The van der Waals surface area contributed by atoms with E-state index in [2.05, 4.69) is 36.0 Å². The summed E-state index contributed by atoms with van der Waals surface area (Å²) in [5.74, 6) is 1.56. The predicted molar refractivity (Wildman–Crippen MR) is 220 cm³/mol. The van der Waals surface area contributed by atoms with E-state index in [0.717, 1.165) is 54.8 Å². The SMILES string of the molecule is Clc1nc(-c2ccccc2)nc(-c2cccc3oc4ccccc4c23)n1.Clc1nc(Cl)nc(-c2ccccc2)n1.OB(O)C1=c2c(oc3ccccc23)=C[C+]=C1. The van der Waals surface area contributed by atoms with Crippen LogP contribution >= 0.6 is 34.8 Å². The van der Waals surface area contributed by atoms with E-state index < -0.39 is 7.12 Å². The normalized spacial score (nSPS) is 11.6. The fourth-order valence-electron chi connectivity index (χ4n) is 6.14. The van der Waals surface area contributed by atoms with Crippen molar-refractivity contribution in [1.82, 2.24) is 29.9 Å². The second-order valence-electron chi connectivity index (χ2n) is 12.1. The van der Waals surface area contributed by atoms with Crippen molar-refractivity contribution in [2.24, 2.45) is 0 Å². The van der Waals surface area contributed by atoms with Crippen LogP contribution in [0.25, 0.3) is 78.6 Å². The molecule has 0 radical (unpaired) electrons. The van der Waals surface area contributed by atoms with Gasteiger partial charge < -0.3 is 18.9 Å². The molecule has 10 nitrogen and oxygen atoms in total. The Bertz CT molecular complexity index is 2990. The number of rotatable bonds is 4. The van der Waals surface area contributed by atoms with Crippen LogP contribution in [-0.4, -0.2) is 47.1 Å². The lowest BCUT2D eigenvalue weighted by atomic mass is 9.76. The summed E-state index contributed by atoms with van der Waals surface area (Å²) >= 11 is 17.5. The highest BCUT2D eigenvalue weighted by molar-refractivity contribution is 6.65. The van der Waals surface area contributed by atoms with E-state index >= 15 is 0 Å². The molecule has 4 aromatic heterocycles. The summed E-state index contributed by atoms with van der Waals surface area (Å²) in [6.07, 6.45) is 6.09. The first-order chi connectivity index (χ1) is 27.3. The monoisotopic (exact) mass is 793 g/mol. The van der Waals surface area contributed by atoms with Gasteiger partial charge in [-0.25, -0.2) is 4.98 Å². The average molecular weight is 795 g/mol. The molecular weight excluding hydrogens is 770 g/mol. The molecule has 9 aromatic rings. The number of hydrogen-bond donors (Lipinski definition) is 2. The molecule has 1 aliphatic rings. The van der Waals surface area contributed by atoms with Crippen molar-refractivity contribution < 1.29 is 18.9 Å². The third kappa shape index (κ3) is 7.77. The third-order valence-electron chi connectivity index (χ3n) is 8.54. The summed E-state index contributed by atoms with van der Waals surface area (Å²) in [6.45, 7) is 0. The number of allylic oxidation sites excluding steroid dienone is 2. The molecule has 0 unspecified atom stereocenters. The maximum Gasteiger partial charge on any atom is 0.570 e. The molecule has 0 amide bonds. The summed E-state index contributed by atoms with van der Waals surface area (Å²) in [5, 5.41) is 22.6. The van der Waals surface area contributed by atoms with Gasteiger partial charge in [-0.15, -0.1) is 0 Å². The van der Waals surface area contributed by atoms with Crippen LogP contribution in [0.15, 0.2) is 142 Å². The summed E-state index contributed by atoms with van der Waals surface area (Å²) in [4.78, 5) is 24.9. The van der Waals surface area contributed by atoms with Crippen LogP contribution in [0, 0.1) is 6.08 Å². The quantitative estimate of drug-likeness (QED) is 0.132. The molecule has 5 aromatic carbocycles. The lowest BCUT2D eigenvalue weighted by molar-refractivity contribution is 0.427. The Morgan fingerprint density at radius 3 is 1.66 bits per heavy atom. The van der Waals surface area contributed by atoms with Gasteiger partial charge in [-0.2, -0.15) is 24.9 Å². The highest BCUT2D eigenvalue weighted by atomic mass is 35.5. The number of hydrogen-bond acceptors (Lipinski definition) is 10. The molecule has 10 rings (SSSR count). The van der Waals surface area contributed by atoms with Crippen LogP contribution in [0.4, 0.5) is 0 Å². The van der Waals surface area contributed by atoms with E-state index in [-0.39, 0.29) is 15.9 Å². The van der Waals surface area contributed by atoms with E-state index in [1.807, 2.05) is 127 Å². The molecule has 56 heavy (non-hydrogen) atoms. The first-order valence-electron chi connectivity index (χ1n) is 17.0. The van der Waals surface area contributed by atoms with Crippen molar-refractivity contribution in [1.29, 1.82) is 0 Å². The fourth-order valence-corrected chi connectivity index (χ4v) is 6.66. The molecular formula is C42H25BCl3N6O4+. The van der Waals surface area contributed by atoms with E-state index in [1.54, 1.807) is 12.2 Å². The Hall–Kier alpha value is -6.30. The van der Waals surface area contributed by atoms with E-state index in [1.165, 1.54) is 0 Å². The van der Waals surface area contributed by atoms with E-state index in [4.69, 9.17) is 43.6 Å². The van der Waals surface area contributed by atoms with Gasteiger partial charge in [0.05, 0.1) is 16.9 Å². The molecule has 0 atom stereocenters. The Kier molecular flexibility index (Phi) is 10.6. The van der Waals surface area contributed by atoms with Gasteiger partial charge in [0.15, 0.2) is 23.1 Å². The van der Waals surface area contributed by atoms with Gasteiger partial charge in [-0.3, -0.25) is 0 Å². The van der Waals surface area contributed by atoms with Crippen molar-refractivity contribution >= 4 is 86.4 Å². The smallest absolute Gasteiger partial charge is 0.456 e. The minimum absolute atomic E-state index is 0.101. The molecule has 0 saturated heterocycles. The molecule has 0 spiro atoms. The lowest BCUT2D eigenvalue weighted by Gasteiger charge is -2.06. The first kappa shape index (κ1) is 36.7. The Labute approximate surface area is 333 Å². The third-order valence-corrected chi connectivity index (χ3v) is 9.05.